The van der Waals surface area contributed by atoms with Gasteiger partial charge in [0.25, 0.3) is 5.78 Å². The molecule has 1 unspecified atom stereocenters. The summed E-state index contributed by atoms with van der Waals surface area (Å²) < 4.78 is 0.834. The van der Waals surface area contributed by atoms with Crippen LogP contribution >= 0.6 is 15.9 Å². The number of carbonyl (C=O) groups excluding carboxylic acids is 2. The van der Waals surface area contributed by atoms with Crippen molar-refractivity contribution in [3.63, 3.8) is 0 Å². The fourth-order valence-electron chi connectivity index (χ4n) is 3.48. The highest BCUT2D eigenvalue weighted by atomic mass is 79.9. The Balaban J connectivity index is 1.86. The van der Waals surface area contributed by atoms with E-state index in [1.807, 2.05) is 12.1 Å². The molecule has 2 aliphatic heterocycles. The first-order valence-corrected chi connectivity index (χ1v) is 8.41. The highest BCUT2D eigenvalue weighted by molar-refractivity contribution is 9.10. The molecule has 5 heteroatoms. The van der Waals surface area contributed by atoms with Crippen LogP contribution in [0.1, 0.15) is 43.0 Å². The first-order chi connectivity index (χ1) is 10.1. The molecule has 1 aromatic rings. The van der Waals surface area contributed by atoms with Crippen molar-refractivity contribution >= 4 is 33.3 Å². The lowest BCUT2D eigenvalue weighted by Crippen LogP contribution is -3.18. The molecule has 0 aliphatic carbocycles. The molecular weight excluding hydrogens is 332 g/mol. The van der Waals surface area contributed by atoms with Crippen LogP contribution in [0.25, 0.3) is 0 Å². The minimum Gasteiger partial charge on any atom is -0.315 e. The van der Waals surface area contributed by atoms with E-state index >= 15 is 0 Å². The minimum absolute atomic E-state index is 0.379. The van der Waals surface area contributed by atoms with Crippen molar-refractivity contribution in [1.82, 2.24) is 0 Å². The topological polar surface area (TPSA) is 41.8 Å². The van der Waals surface area contributed by atoms with Crippen molar-refractivity contribution in [1.29, 1.82) is 0 Å². The zero-order chi connectivity index (χ0) is 15.0. The van der Waals surface area contributed by atoms with E-state index in [0.717, 1.165) is 23.1 Å². The molecule has 1 aromatic carbocycles. The number of nitrogens with one attached hydrogen (secondary N) is 1. The first kappa shape index (κ1) is 14.7. The number of hydrogen-bond acceptors (Lipinski definition) is 2. The number of carbonyl (C=O) groups is 2. The molecule has 21 heavy (non-hydrogen) atoms. The fourth-order valence-corrected chi connectivity index (χ4v) is 3.85. The van der Waals surface area contributed by atoms with E-state index in [0.29, 0.717) is 18.3 Å². The Labute approximate surface area is 133 Å². The molecule has 0 radical (unpaired) electrons. The molecule has 1 saturated heterocycles. The number of halogens is 1. The third kappa shape index (κ3) is 2.64. The number of ketones is 1. The summed E-state index contributed by atoms with van der Waals surface area (Å²) in [6.45, 7) is 3.90. The standard InChI is InChI=1S/C16H19BrN2O2/c1-2-12-5-3-4-8-18(12)10-19-14-7-6-11(17)9-13(14)15(20)16(19)21/h6-7,9,12H,2-5,8,10H2,1H3/p+1/t12-/m0/s1. The van der Waals surface area contributed by atoms with Gasteiger partial charge in [0.1, 0.15) is 0 Å². The number of hydrogen-bond donors (Lipinski definition) is 1. The summed E-state index contributed by atoms with van der Waals surface area (Å²) in [6.07, 6.45) is 4.82. The van der Waals surface area contributed by atoms with Gasteiger partial charge in [0.05, 0.1) is 23.8 Å². The van der Waals surface area contributed by atoms with E-state index < -0.39 is 0 Å². The molecule has 0 spiro atoms. The van der Waals surface area contributed by atoms with Crippen LogP contribution in [0.2, 0.25) is 0 Å². The molecule has 0 saturated carbocycles. The van der Waals surface area contributed by atoms with Gasteiger partial charge in [-0.3, -0.25) is 14.5 Å². The third-order valence-electron chi connectivity index (χ3n) is 4.67. The number of nitrogens with zero attached hydrogens (tertiary/aromatic N) is 1. The van der Waals surface area contributed by atoms with Crippen LogP contribution in [-0.4, -0.2) is 30.9 Å². The summed E-state index contributed by atoms with van der Waals surface area (Å²) in [4.78, 5) is 27.5. The average Bonchev–Trinajstić information content (AvgIpc) is 2.73. The zero-order valence-corrected chi connectivity index (χ0v) is 13.8. The van der Waals surface area contributed by atoms with Gasteiger partial charge >= 0.3 is 5.91 Å². The first-order valence-electron chi connectivity index (χ1n) is 7.62. The Kier molecular flexibility index (Phi) is 4.13. The molecule has 1 fully saturated rings. The Morgan fingerprint density at radius 2 is 2.14 bits per heavy atom. The van der Waals surface area contributed by atoms with E-state index in [2.05, 4.69) is 22.9 Å². The second-order valence-corrected chi connectivity index (χ2v) is 6.81. The van der Waals surface area contributed by atoms with Crippen LogP contribution in [0.4, 0.5) is 5.69 Å². The number of benzene rings is 1. The molecule has 1 amide bonds. The van der Waals surface area contributed by atoms with E-state index in [-0.39, 0.29) is 11.7 Å². The number of anilines is 1. The second kappa shape index (κ2) is 5.89. The van der Waals surface area contributed by atoms with Crippen LogP contribution < -0.4 is 9.80 Å². The van der Waals surface area contributed by atoms with Gasteiger partial charge in [-0.2, -0.15) is 0 Å². The lowest BCUT2D eigenvalue weighted by molar-refractivity contribution is -0.929. The SMILES string of the molecule is CC[C@H]1CCCC[NH+]1CN1C(=O)C(=O)c2cc(Br)ccc21. The van der Waals surface area contributed by atoms with Crippen molar-refractivity contribution in [2.24, 2.45) is 0 Å². The summed E-state index contributed by atoms with van der Waals surface area (Å²) in [7, 11) is 0. The lowest BCUT2D eigenvalue weighted by Gasteiger charge is -2.34. The van der Waals surface area contributed by atoms with Gasteiger partial charge < -0.3 is 4.90 Å². The van der Waals surface area contributed by atoms with E-state index in [1.165, 1.54) is 24.2 Å². The highest BCUT2D eigenvalue weighted by Crippen LogP contribution is 2.30. The molecule has 1 N–H and O–H groups in total. The number of likely N-dealkylation sites (tertiary alicyclic amines) is 1. The van der Waals surface area contributed by atoms with Gasteiger partial charge in [-0.15, -0.1) is 0 Å². The van der Waals surface area contributed by atoms with Crippen LogP contribution in [0.5, 0.6) is 0 Å². The number of quaternary nitrogens is 1. The Morgan fingerprint density at radius 1 is 1.33 bits per heavy atom. The average molecular weight is 352 g/mol. The van der Waals surface area contributed by atoms with Gasteiger partial charge in [0.2, 0.25) is 0 Å². The van der Waals surface area contributed by atoms with E-state index in [1.54, 1.807) is 11.0 Å². The van der Waals surface area contributed by atoms with Gasteiger partial charge in [-0.1, -0.05) is 22.9 Å². The Bertz CT molecular complexity index is 588. The largest absolute Gasteiger partial charge is 0.315 e. The second-order valence-electron chi connectivity index (χ2n) is 5.89. The quantitative estimate of drug-likeness (QED) is 0.843. The number of fused-ring (bicyclic) bond motifs is 1. The Morgan fingerprint density at radius 3 is 2.90 bits per heavy atom. The van der Waals surface area contributed by atoms with Gasteiger partial charge in [0.15, 0.2) is 6.67 Å². The van der Waals surface area contributed by atoms with Crippen LogP contribution in [-0.2, 0) is 4.79 Å². The van der Waals surface area contributed by atoms with Gasteiger partial charge in [0, 0.05) is 4.47 Å². The molecular formula is C16H20BrN2O2+. The van der Waals surface area contributed by atoms with Crippen LogP contribution in [0, 0.1) is 0 Å². The summed E-state index contributed by atoms with van der Waals surface area (Å²) in [5.74, 6) is -0.758. The van der Waals surface area contributed by atoms with E-state index in [9.17, 15) is 9.59 Å². The molecule has 3 rings (SSSR count). The molecule has 0 bridgehead atoms. The number of piperidine rings is 1. The maximum absolute atomic E-state index is 12.3. The zero-order valence-electron chi connectivity index (χ0n) is 12.2. The van der Waals surface area contributed by atoms with Crippen molar-refractivity contribution in [2.75, 3.05) is 18.1 Å². The number of amides is 1. The van der Waals surface area contributed by atoms with Gasteiger partial charge in [-0.05, 0) is 43.9 Å². The maximum atomic E-state index is 12.3. The van der Waals surface area contributed by atoms with Crippen molar-refractivity contribution < 1.29 is 14.5 Å². The molecule has 2 heterocycles. The predicted octanol–water partition coefficient (Wildman–Crippen LogP) is 1.78. The maximum Gasteiger partial charge on any atom is 0.303 e. The Hall–Kier alpha value is -1.20. The summed E-state index contributed by atoms with van der Waals surface area (Å²) in [6, 6.07) is 6.10. The molecule has 2 aliphatic rings. The third-order valence-corrected chi connectivity index (χ3v) is 5.16. The molecule has 4 nitrogen and oxygen atoms in total. The van der Waals surface area contributed by atoms with Crippen LogP contribution in [0.15, 0.2) is 22.7 Å². The molecule has 0 aromatic heterocycles. The minimum atomic E-state index is -0.379. The predicted molar refractivity (Wildman–Crippen MR) is 84.6 cm³/mol. The molecule has 2 atom stereocenters. The summed E-state index contributed by atoms with van der Waals surface area (Å²) >= 11 is 3.36. The summed E-state index contributed by atoms with van der Waals surface area (Å²) in [5.41, 5.74) is 1.29. The normalized spacial score (nSPS) is 25.3. The summed E-state index contributed by atoms with van der Waals surface area (Å²) in [5, 5.41) is 0. The monoisotopic (exact) mass is 351 g/mol. The van der Waals surface area contributed by atoms with E-state index in [4.69, 9.17) is 0 Å². The smallest absolute Gasteiger partial charge is 0.303 e. The van der Waals surface area contributed by atoms with Crippen LogP contribution in [0.3, 0.4) is 0 Å². The van der Waals surface area contributed by atoms with Crippen molar-refractivity contribution in [3.8, 4) is 0 Å². The fraction of sp³-hybridized carbons (Fsp3) is 0.500. The number of Topliss-reactive ketones (excluding diaryl/α,β-unsaturated/α-hetero) is 1. The van der Waals surface area contributed by atoms with Crippen molar-refractivity contribution in [2.45, 2.75) is 38.6 Å². The van der Waals surface area contributed by atoms with Gasteiger partial charge in [-0.25, -0.2) is 0 Å². The number of rotatable bonds is 3. The lowest BCUT2D eigenvalue weighted by atomic mass is 10.0. The van der Waals surface area contributed by atoms with Crippen molar-refractivity contribution in [3.05, 3.63) is 28.2 Å². The highest BCUT2D eigenvalue weighted by Gasteiger charge is 2.39. The molecule has 112 valence electrons.